The van der Waals surface area contributed by atoms with Crippen molar-refractivity contribution >= 4 is 22.5 Å². The van der Waals surface area contributed by atoms with Gasteiger partial charge in [0.1, 0.15) is 0 Å². The van der Waals surface area contributed by atoms with Crippen molar-refractivity contribution in [2.75, 3.05) is 44.2 Å². The van der Waals surface area contributed by atoms with Crippen molar-refractivity contribution < 1.29 is 9.47 Å². The summed E-state index contributed by atoms with van der Waals surface area (Å²) in [6, 6.07) is 10.3. The Labute approximate surface area is 176 Å². The van der Waals surface area contributed by atoms with E-state index in [0.717, 1.165) is 13.1 Å². The predicted octanol–water partition coefficient (Wildman–Crippen LogP) is 3.49. The van der Waals surface area contributed by atoms with Crippen molar-refractivity contribution in [2.24, 2.45) is 0 Å². The molecule has 0 radical (unpaired) electrons. The van der Waals surface area contributed by atoms with Crippen LogP contribution in [0.1, 0.15) is 24.0 Å². The fourth-order valence-electron chi connectivity index (χ4n) is 4.19. The smallest absolute Gasteiger partial charge is 0.260 e. The Bertz CT molecular complexity index is 1120. The second-order valence-corrected chi connectivity index (χ2v) is 7.74. The highest BCUT2D eigenvalue weighted by molar-refractivity contribution is 5.86. The lowest BCUT2D eigenvalue weighted by Gasteiger charge is -2.21. The highest BCUT2D eigenvalue weighted by Gasteiger charge is 2.18. The van der Waals surface area contributed by atoms with E-state index in [0.29, 0.717) is 40.5 Å². The van der Waals surface area contributed by atoms with Gasteiger partial charge in [0.2, 0.25) is 5.95 Å². The van der Waals surface area contributed by atoms with E-state index in [-0.39, 0.29) is 5.56 Å². The van der Waals surface area contributed by atoms with Gasteiger partial charge in [-0.15, -0.1) is 0 Å². The Hall–Kier alpha value is -3.22. The Kier molecular flexibility index (Phi) is 5.53. The number of rotatable bonds is 6. The van der Waals surface area contributed by atoms with Gasteiger partial charge in [-0.05, 0) is 37.5 Å². The SMILES string of the molecule is COc1cc2nc(N(C)Cc3cccc(N4CCCC4)c3)[nH]c(=O)c2c(C)c1OC. The van der Waals surface area contributed by atoms with Crippen LogP contribution in [0.25, 0.3) is 10.9 Å². The highest BCUT2D eigenvalue weighted by atomic mass is 16.5. The van der Waals surface area contributed by atoms with Gasteiger partial charge in [-0.3, -0.25) is 9.78 Å². The number of aromatic nitrogens is 2. The number of nitrogens with zero attached hydrogens (tertiary/aromatic N) is 3. The Morgan fingerprint density at radius 1 is 1.17 bits per heavy atom. The van der Waals surface area contributed by atoms with E-state index in [9.17, 15) is 4.79 Å². The summed E-state index contributed by atoms with van der Waals surface area (Å²) in [5, 5.41) is 0.515. The number of aryl methyl sites for hydroxylation is 1. The summed E-state index contributed by atoms with van der Waals surface area (Å²) in [5.41, 5.74) is 3.54. The minimum atomic E-state index is -0.189. The van der Waals surface area contributed by atoms with Gasteiger partial charge in [-0.1, -0.05) is 12.1 Å². The van der Waals surface area contributed by atoms with Crippen LogP contribution in [0.2, 0.25) is 0 Å². The van der Waals surface area contributed by atoms with Crippen molar-refractivity contribution in [3.63, 3.8) is 0 Å². The molecule has 1 N–H and O–H groups in total. The van der Waals surface area contributed by atoms with Gasteiger partial charge in [0.15, 0.2) is 11.5 Å². The second kappa shape index (κ2) is 8.26. The molecule has 1 aliphatic heterocycles. The fourth-order valence-corrected chi connectivity index (χ4v) is 4.19. The van der Waals surface area contributed by atoms with Gasteiger partial charge in [0, 0.05) is 44.0 Å². The van der Waals surface area contributed by atoms with E-state index >= 15 is 0 Å². The lowest BCUT2D eigenvalue weighted by Crippen LogP contribution is -2.23. The molecule has 0 unspecified atom stereocenters. The van der Waals surface area contributed by atoms with Gasteiger partial charge >= 0.3 is 0 Å². The van der Waals surface area contributed by atoms with Crippen molar-refractivity contribution in [2.45, 2.75) is 26.3 Å². The third-order valence-electron chi connectivity index (χ3n) is 5.73. The second-order valence-electron chi connectivity index (χ2n) is 7.74. The molecule has 30 heavy (non-hydrogen) atoms. The molecule has 2 heterocycles. The summed E-state index contributed by atoms with van der Waals surface area (Å²) in [6.45, 7) is 4.71. The largest absolute Gasteiger partial charge is 0.493 e. The van der Waals surface area contributed by atoms with Crippen molar-refractivity contribution in [1.82, 2.24) is 9.97 Å². The van der Waals surface area contributed by atoms with Gasteiger partial charge in [0.25, 0.3) is 5.56 Å². The van der Waals surface area contributed by atoms with E-state index in [4.69, 9.17) is 14.5 Å². The first-order valence-corrected chi connectivity index (χ1v) is 10.2. The summed E-state index contributed by atoms with van der Waals surface area (Å²) in [4.78, 5) is 24.8. The normalized spacial score (nSPS) is 13.7. The number of methoxy groups -OCH3 is 2. The Morgan fingerprint density at radius 3 is 2.63 bits per heavy atom. The van der Waals surface area contributed by atoms with E-state index < -0.39 is 0 Å². The Morgan fingerprint density at radius 2 is 1.93 bits per heavy atom. The van der Waals surface area contributed by atoms with Gasteiger partial charge < -0.3 is 19.3 Å². The van der Waals surface area contributed by atoms with Crippen LogP contribution >= 0.6 is 0 Å². The lowest BCUT2D eigenvalue weighted by molar-refractivity contribution is 0.354. The van der Waals surface area contributed by atoms with Gasteiger partial charge in [-0.2, -0.15) is 0 Å². The first-order chi connectivity index (χ1) is 14.5. The predicted molar refractivity (Wildman–Crippen MR) is 120 cm³/mol. The topological polar surface area (TPSA) is 70.7 Å². The number of aromatic amines is 1. The summed E-state index contributed by atoms with van der Waals surface area (Å²) in [7, 11) is 5.08. The number of anilines is 2. The van der Waals surface area contributed by atoms with Crippen LogP contribution in [0.4, 0.5) is 11.6 Å². The summed E-state index contributed by atoms with van der Waals surface area (Å²) >= 11 is 0. The number of benzene rings is 2. The fraction of sp³-hybridized carbons (Fsp3) is 0.391. The minimum absolute atomic E-state index is 0.189. The molecule has 1 aromatic heterocycles. The monoisotopic (exact) mass is 408 g/mol. The maximum Gasteiger partial charge on any atom is 0.260 e. The van der Waals surface area contributed by atoms with Crippen LogP contribution in [0.3, 0.4) is 0 Å². The molecule has 0 spiro atoms. The van der Waals surface area contributed by atoms with Crippen molar-refractivity contribution in [3.8, 4) is 11.5 Å². The molecule has 1 aliphatic rings. The molecular weight excluding hydrogens is 380 g/mol. The maximum absolute atomic E-state index is 12.8. The van der Waals surface area contributed by atoms with Crippen molar-refractivity contribution in [3.05, 3.63) is 51.8 Å². The molecule has 0 atom stereocenters. The van der Waals surface area contributed by atoms with E-state index in [1.54, 1.807) is 20.3 Å². The minimum Gasteiger partial charge on any atom is -0.493 e. The number of ether oxygens (including phenoxy) is 2. The highest BCUT2D eigenvalue weighted by Crippen LogP contribution is 2.35. The first-order valence-electron chi connectivity index (χ1n) is 10.2. The van der Waals surface area contributed by atoms with E-state index in [2.05, 4.69) is 34.1 Å². The third kappa shape index (κ3) is 3.67. The zero-order chi connectivity index (χ0) is 21.3. The molecule has 2 aromatic carbocycles. The number of fused-ring (bicyclic) bond motifs is 1. The summed E-state index contributed by atoms with van der Waals surface area (Å²) in [6.07, 6.45) is 2.50. The van der Waals surface area contributed by atoms with Crippen molar-refractivity contribution in [1.29, 1.82) is 0 Å². The standard InChI is InChI=1S/C23H28N4O3/c1-15-20-18(13-19(29-3)21(15)30-4)24-23(25-22(20)28)26(2)14-16-8-7-9-17(12-16)27-10-5-6-11-27/h7-9,12-13H,5-6,10-11,14H2,1-4H3,(H,24,25,28). The van der Waals surface area contributed by atoms with Crippen LogP contribution in [0.5, 0.6) is 11.5 Å². The quantitative estimate of drug-likeness (QED) is 0.673. The molecule has 1 fully saturated rings. The average molecular weight is 409 g/mol. The van der Waals surface area contributed by atoms with E-state index in [1.807, 2.05) is 18.9 Å². The molecular formula is C23H28N4O3. The third-order valence-corrected chi connectivity index (χ3v) is 5.73. The average Bonchev–Trinajstić information content (AvgIpc) is 3.28. The molecule has 0 aliphatic carbocycles. The summed E-state index contributed by atoms with van der Waals surface area (Å²) < 4.78 is 10.8. The van der Waals surface area contributed by atoms with Gasteiger partial charge in [0.05, 0.1) is 25.1 Å². The molecule has 1 saturated heterocycles. The molecule has 0 saturated carbocycles. The lowest BCUT2D eigenvalue weighted by atomic mass is 10.1. The molecule has 0 amide bonds. The zero-order valence-corrected chi connectivity index (χ0v) is 18.0. The van der Waals surface area contributed by atoms with Crippen LogP contribution in [0, 0.1) is 6.92 Å². The van der Waals surface area contributed by atoms with Crippen LogP contribution < -0.4 is 24.8 Å². The number of H-pyrrole nitrogens is 1. The van der Waals surface area contributed by atoms with Crippen LogP contribution in [0.15, 0.2) is 35.1 Å². The summed E-state index contributed by atoms with van der Waals surface area (Å²) in [5.74, 6) is 1.63. The van der Waals surface area contributed by atoms with Crippen LogP contribution in [-0.2, 0) is 6.54 Å². The number of nitrogens with one attached hydrogen (secondary N) is 1. The molecule has 158 valence electrons. The number of hydrogen-bond acceptors (Lipinski definition) is 6. The maximum atomic E-state index is 12.8. The number of hydrogen-bond donors (Lipinski definition) is 1. The van der Waals surface area contributed by atoms with Crippen LogP contribution in [-0.4, -0.2) is 44.3 Å². The Balaban J connectivity index is 1.66. The van der Waals surface area contributed by atoms with E-state index in [1.165, 1.54) is 24.1 Å². The molecule has 7 heteroatoms. The first kappa shape index (κ1) is 20.1. The molecule has 4 rings (SSSR count). The molecule has 0 bridgehead atoms. The van der Waals surface area contributed by atoms with Gasteiger partial charge in [-0.25, -0.2) is 4.98 Å². The zero-order valence-electron chi connectivity index (χ0n) is 18.0. The molecule has 7 nitrogen and oxygen atoms in total. The molecule has 3 aromatic rings.